The van der Waals surface area contributed by atoms with Gasteiger partial charge in [0.05, 0.1) is 10.7 Å². The summed E-state index contributed by atoms with van der Waals surface area (Å²) in [5, 5.41) is 5.75. The van der Waals surface area contributed by atoms with E-state index in [-0.39, 0.29) is 0 Å². The van der Waals surface area contributed by atoms with Gasteiger partial charge in [-0.05, 0) is 54.1 Å². The van der Waals surface area contributed by atoms with Crippen LogP contribution in [0.25, 0.3) is 0 Å². The lowest BCUT2D eigenvalue weighted by molar-refractivity contribution is 0.303. The maximum atomic E-state index is 6.21. The molecule has 0 fully saturated rings. The summed E-state index contributed by atoms with van der Waals surface area (Å²) in [6, 6.07) is 18.4. The fraction of sp³-hybridized carbons (Fsp3) is 0.100. The van der Waals surface area contributed by atoms with Gasteiger partial charge in [0.15, 0.2) is 0 Å². The van der Waals surface area contributed by atoms with E-state index in [2.05, 4.69) is 5.32 Å². The molecule has 3 aromatic carbocycles. The SMILES string of the molecule is Clc1cccc(COc2ccc(Cl)cc2CNc2ccc(Cl)cc2Cl)c1. The molecular weight excluding hydrogens is 412 g/mol. The van der Waals surface area contributed by atoms with Crippen LogP contribution in [0.15, 0.2) is 60.7 Å². The van der Waals surface area contributed by atoms with Gasteiger partial charge in [0.2, 0.25) is 0 Å². The summed E-state index contributed by atoms with van der Waals surface area (Å²) in [4.78, 5) is 0. The van der Waals surface area contributed by atoms with Crippen molar-refractivity contribution in [3.05, 3.63) is 91.9 Å². The summed E-state index contributed by atoms with van der Waals surface area (Å²) in [5.74, 6) is 0.743. The minimum Gasteiger partial charge on any atom is -0.489 e. The second-order valence-corrected chi connectivity index (χ2v) is 7.36. The fourth-order valence-electron chi connectivity index (χ4n) is 2.44. The second-order valence-electron chi connectivity index (χ2n) is 5.65. The molecule has 134 valence electrons. The molecule has 0 amide bonds. The van der Waals surface area contributed by atoms with Gasteiger partial charge in [-0.15, -0.1) is 0 Å². The largest absolute Gasteiger partial charge is 0.489 e. The topological polar surface area (TPSA) is 21.3 Å². The van der Waals surface area contributed by atoms with Gasteiger partial charge in [-0.25, -0.2) is 0 Å². The van der Waals surface area contributed by atoms with Crippen molar-refractivity contribution >= 4 is 52.1 Å². The third-order valence-corrected chi connectivity index (χ3v) is 4.72. The average molecular weight is 427 g/mol. The van der Waals surface area contributed by atoms with Crippen molar-refractivity contribution in [2.45, 2.75) is 13.2 Å². The number of hydrogen-bond acceptors (Lipinski definition) is 2. The molecule has 0 atom stereocenters. The van der Waals surface area contributed by atoms with Crippen molar-refractivity contribution in [3.63, 3.8) is 0 Å². The molecule has 6 heteroatoms. The summed E-state index contributed by atoms with van der Waals surface area (Å²) < 4.78 is 5.96. The molecule has 0 spiro atoms. The molecule has 0 radical (unpaired) electrons. The Hall–Kier alpha value is -1.58. The molecule has 0 aliphatic carbocycles. The molecule has 0 aliphatic rings. The van der Waals surface area contributed by atoms with Gasteiger partial charge < -0.3 is 10.1 Å². The number of halogens is 4. The molecule has 26 heavy (non-hydrogen) atoms. The highest BCUT2D eigenvalue weighted by molar-refractivity contribution is 6.36. The standard InChI is InChI=1S/C20H15Cl4NO/c21-15-3-1-2-13(8-15)12-26-20-7-5-16(22)9-14(20)11-25-19-6-4-17(23)10-18(19)24/h1-10,25H,11-12H2. The summed E-state index contributed by atoms with van der Waals surface area (Å²) in [7, 11) is 0. The third kappa shape index (κ3) is 5.21. The predicted molar refractivity (Wildman–Crippen MR) is 111 cm³/mol. The molecule has 3 rings (SSSR count). The smallest absolute Gasteiger partial charge is 0.124 e. The van der Waals surface area contributed by atoms with Crippen LogP contribution in [0.4, 0.5) is 5.69 Å². The Kier molecular flexibility index (Phi) is 6.55. The van der Waals surface area contributed by atoms with Gasteiger partial charge in [0.25, 0.3) is 0 Å². The van der Waals surface area contributed by atoms with E-state index in [0.717, 1.165) is 22.6 Å². The van der Waals surface area contributed by atoms with Gasteiger partial charge in [0.1, 0.15) is 12.4 Å². The summed E-state index contributed by atoms with van der Waals surface area (Å²) >= 11 is 24.3. The number of benzene rings is 3. The lowest BCUT2D eigenvalue weighted by Gasteiger charge is -2.14. The quantitative estimate of drug-likeness (QED) is 0.440. The van der Waals surface area contributed by atoms with Crippen LogP contribution < -0.4 is 10.1 Å². The molecule has 0 unspecified atom stereocenters. The molecule has 0 bridgehead atoms. The van der Waals surface area contributed by atoms with E-state index in [9.17, 15) is 0 Å². The molecule has 0 saturated heterocycles. The highest BCUT2D eigenvalue weighted by atomic mass is 35.5. The zero-order chi connectivity index (χ0) is 18.5. The number of hydrogen-bond donors (Lipinski definition) is 1. The van der Waals surface area contributed by atoms with Crippen molar-refractivity contribution in [1.29, 1.82) is 0 Å². The maximum absolute atomic E-state index is 6.21. The van der Waals surface area contributed by atoms with Crippen LogP contribution in [0, 0.1) is 0 Å². The van der Waals surface area contributed by atoms with Gasteiger partial charge in [-0.2, -0.15) is 0 Å². The fourth-order valence-corrected chi connectivity index (χ4v) is 3.32. The van der Waals surface area contributed by atoms with Crippen LogP contribution in [0.1, 0.15) is 11.1 Å². The van der Waals surface area contributed by atoms with Crippen molar-refractivity contribution < 1.29 is 4.74 Å². The normalized spacial score (nSPS) is 10.6. The Morgan fingerprint density at radius 3 is 2.27 bits per heavy atom. The molecule has 3 aromatic rings. The highest BCUT2D eigenvalue weighted by Crippen LogP contribution is 2.29. The minimum absolute atomic E-state index is 0.414. The van der Waals surface area contributed by atoms with E-state index in [1.54, 1.807) is 18.2 Å². The first-order valence-electron chi connectivity index (χ1n) is 7.86. The Morgan fingerprint density at radius 2 is 1.50 bits per heavy atom. The lowest BCUT2D eigenvalue weighted by atomic mass is 10.2. The minimum atomic E-state index is 0.414. The Labute approximate surface area is 172 Å². The van der Waals surface area contributed by atoms with Gasteiger partial charge >= 0.3 is 0 Å². The number of ether oxygens (including phenoxy) is 1. The molecule has 0 heterocycles. The summed E-state index contributed by atoms with van der Waals surface area (Å²) in [5.41, 5.74) is 2.70. The average Bonchev–Trinajstić information content (AvgIpc) is 2.60. The van der Waals surface area contributed by atoms with Crippen LogP contribution in [-0.4, -0.2) is 0 Å². The summed E-state index contributed by atoms with van der Waals surface area (Å²) in [6.45, 7) is 0.920. The maximum Gasteiger partial charge on any atom is 0.124 e. The number of anilines is 1. The Bertz CT molecular complexity index is 914. The third-order valence-electron chi connectivity index (χ3n) is 3.71. The van der Waals surface area contributed by atoms with E-state index < -0.39 is 0 Å². The molecule has 0 aliphatic heterocycles. The van der Waals surface area contributed by atoms with Crippen molar-refractivity contribution in [2.24, 2.45) is 0 Å². The molecule has 0 saturated carbocycles. The van der Waals surface area contributed by atoms with Crippen LogP contribution in [0.2, 0.25) is 20.1 Å². The van der Waals surface area contributed by atoms with Crippen molar-refractivity contribution in [1.82, 2.24) is 0 Å². The van der Waals surface area contributed by atoms with Crippen molar-refractivity contribution in [3.8, 4) is 5.75 Å². The zero-order valence-electron chi connectivity index (χ0n) is 13.6. The molecular formula is C20H15Cl4NO. The zero-order valence-corrected chi connectivity index (χ0v) is 16.6. The van der Waals surface area contributed by atoms with Crippen LogP contribution in [-0.2, 0) is 13.2 Å². The summed E-state index contributed by atoms with van der Waals surface area (Å²) in [6.07, 6.45) is 0. The van der Waals surface area contributed by atoms with E-state index in [0.29, 0.717) is 33.2 Å². The number of nitrogens with one attached hydrogen (secondary N) is 1. The van der Waals surface area contributed by atoms with Crippen LogP contribution in [0.5, 0.6) is 5.75 Å². The lowest BCUT2D eigenvalue weighted by Crippen LogP contribution is -2.04. The monoisotopic (exact) mass is 425 g/mol. The Balaban J connectivity index is 1.73. The predicted octanol–water partition coefficient (Wildman–Crippen LogP) is 7.49. The van der Waals surface area contributed by atoms with Gasteiger partial charge in [-0.1, -0.05) is 58.5 Å². The first-order chi connectivity index (χ1) is 12.5. The van der Waals surface area contributed by atoms with E-state index in [1.807, 2.05) is 42.5 Å². The van der Waals surface area contributed by atoms with Crippen LogP contribution in [0.3, 0.4) is 0 Å². The van der Waals surface area contributed by atoms with E-state index in [4.69, 9.17) is 51.1 Å². The first-order valence-corrected chi connectivity index (χ1v) is 9.37. The van der Waals surface area contributed by atoms with Crippen LogP contribution >= 0.6 is 46.4 Å². The van der Waals surface area contributed by atoms with Gasteiger partial charge in [0, 0.05) is 27.2 Å². The van der Waals surface area contributed by atoms with Crippen molar-refractivity contribution in [2.75, 3.05) is 5.32 Å². The molecule has 2 nitrogen and oxygen atoms in total. The number of rotatable bonds is 6. The second kappa shape index (κ2) is 8.88. The first kappa shape index (κ1) is 19.2. The molecule has 1 N–H and O–H groups in total. The Morgan fingerprint density at radius 1 is 0.769 bits per heavy atom. The van der Waals surface area contributed by atoms with E-state index >= 15 is 0 Å². The molecule has 0 aromatic heterocycles. The van der Waals surface area contributed by atoms with E-state index in [1.165, 1.54) is 0 Å². The van der Waals surface area contributed by atoms with Gasteiger partial charge in [-0.3, -0.25) is 0 Å². The highest BCUT2D eigenvalue weighted by Gasteiger charge is 2.08.